The van der Waals surface area contributed by atoms with E-state index in [1.807, 2.05) is 12.1 Å². The monoisotopic (exact) mass is 459 g/mol. The number of hydrogen-bond acceptors (Lipinski definition) is 2. The largest absolute Gasteiger partial charge is 0.493 e. The average molecular weight is 460 g/mol. The van der Waals surface area contributed by atoms with E-state index in [1.165, 1.54) is 16.7 Å². The minimum Gasteiger partial charge on any atom is -0.493 e. The molecule has 3 heteroatoms. The van der Waals surface area contributed by atoms with Crippen LogP contribution in [0.15, 0.2) is 54.6 Å². The van der Waals surface area contributed by atoms with Gasteiger partial charge in [-0.25, -0.2) is 0 Å². The van der Waals surface area contributed by atoms with Crippen molar-refractivity contribution in [1.82, 2.24) is 0 Å². The lowest BCUT2D eigenvalue weighted by Gasteiger charge is -2.30. The standard InChI is InChI=1S/C31H41NO2/c1-7-30(3,4)25-17-18-28(27(21-25)31(5,6)8-2)34-19-10-9-12-22-13-11-14-23-15-16-24(29(32)33)20-26(22)23/h11,13-18,20-21H,7-10,12,19H2,1-6H3,(H2,32,33). The SMILES string of the molecule is CCC(C)(C)c1ccc(OCCCCc2cccc3ccc(C(N)=O)cc23)c(C(C)(C)CC)c1. The minimum absolute atomic E-state index is 0.0657. The molecule has 0 spiro atoms. The van der Waals surface area contributed by atoms with Gasteiger partial charge in [-0.15, -0.1) is 0 Å². The third-order valence-electron chi connectivity index (χ3n) is 7.61. The number of primary amides is 1. The first kappa shape index (κ1) is 25.8. The highest BCUT2D eigenvalue weighted by Crippen LogP contribution is 2.38. The molecule has 0 aliphatic rings. The number of amides is 1. The van der Waals surface area contributed by atoms with Crippen molar-refractivity contribution >= 4 is 16.7 Å². The number of rotatable bonds is 11. The topological polar surface area (TPSA) is 52.3 Å². The van der Waals surface area contributed by atoms with Crippen molar-refractivity contribution in [3.63, 3.8) is 0 Å². The summed E-state index contributed by atoms with van der Waals surface area (Å²) in [5.74, 6) is 0.628. The maximum Gasteiger partial charge on any atom is 0.248 e. The molecular weight excluding hydrogens is 418 g/mol. The molecule has 0 aliphatic heterocycles. The lowest BCUT2D eigenvalue weighted by Crippen LogP contribution is -2.21. The molecule has 3 aromatic rings. The lowest BCUT2D eigenvalue weighted by atomic mass is 9.76. The van der Waals surface area contributed by atoms with E-state index in [1.54, 1.807) is 6.07 Å². The van der Waals surface area contributed by atoms with Crippen molar-refractivity contribution in [3.05, 3.63) is 76.9 Å². The molecule has 3 nitrogen and oxygen atoms in total. The number of carbonyl (C=O) groups excluding carboxylic acids is 1. The van der Waals surface area contributed by atoms with Gasteiger partial charge >= 0.3 is 0 Å². The molecule has 0 saturated heterocycles. The molecule has 0 radical (unpaired) electrons. The van der Waals surface area contributed by atoms with E-state index in [4.69, 9.17) is 10.5 Å². The second-order valence-corrected chi connectivity index (χ2v) is 10.7. The Morgan fingerprint density at radius 2 is 1.62 bits per heavy atom. The summed E-state index contributed by atoms with van der Waals surface area (Å²) in [6.45, 7) is 14.4. The zero-order valence-corrected chi connectivity index (χ0v) is 21.8. The van der Waals surface area contributed by atoms with Crippen LogP contribution in [-0.4, -0.2) is 12.5 Å². The summed E-state index contributed by atoms with van der Waals surface area (Å²) in [5.41, 5.74) is 10.2. The summed E-state index contributed by atoms with van der Waals surface area (Å²) in [6.07, 6.45) is 5.11. The summed E-state index contributed by atoms with van der Waals surface area (Å²) < 4.78 is 6.34. The molecule has 3 rings (SSSR count). The highest BCUT2D eigenvalue weighted by Gasteiger charge is 2.26. The van der Waals surface area contributed by atoms with Crippen LogP contribution < -0.4 is 10.5 Å². The van der Waals surface area contributed by atoms with Crippen LogP contribution >= 0.6 is 0 Å². The fourth-order valence-corrected chi connectivity index (χ4v) is 4.31. The first-order valence-electron chi connectivity index (χ1n) is 12.7. The van der Waals surface area contributed by atoms with E-state index in [2.05, 4.69) is 77.9 Å². The predicted molar refractivity (Wildman–Crippen MR) is 144 cm³/mol. The van der Waals surface area contributed by atoms with Crippen molar-refractivity contribution in [3.8, 4) is 5.75 Å². The first-order valence-corrected chi connectivity index (χ1v) is 12.7. The molecule has 182 valence electrons. The van der Waals surface area contributed by atoms with Gasteiger partial charge in [0.25, 0.3) is 0 Å². The number of benzene rings is 3. The highest BCUT2D eigenvalue weighted by molar-refractivity contribution is 5.98. The van der Waals surface area contributed by atoms with E-state index < -0.39 is 0 Å². The number of hydrogen-bond donors (Lipinski definition) is 1. The number of carbonyl (C=O) groups is 1. The van der Waals surface area contributed by atoms with Gasteiger partial charge in [-0.3, -0.25) is 4.79 Å². The smallest absolute Gasteiger partial charge is 0.248 e. The third kappa shape index (κ3) is 5.81. The van der Waals surface area contributed by atoms with Crippen LogP contribution in [0, 0.1) is 0 Å². The van der Waals surface area contributed by atoms with Crippen molar-refractivity contribution < 1.29 is 9.53 Å². The van der Waals surface area contributed by atoms with Crippen LogP contribution in [0.25, 0.3) is 10.8 Å². The van der Waals surface area contributed by atoms with Crippen LogP contribution in [-0.2, 0) is 17.3 Å². The Hall–Kier alpha value is -2.81. The first-order chi connectivity index (χ1) is 16.1. The molecule has 34 heavy (non-hydrogen) atoms. The van der Waals surface area contributed by atoms with Crippen LogP contribution in [0.4, 0.5) is 0 Å². The highest BCUT2D eigenvalue weighted by atomic mass is 16.5. The van der Waals surface area contributed by atoms with Crippen LogP contribution in [0.1, 0.15) is 94.3 Å². The van der Waals surface area contributed by atoms with Crippen molar-refractivity contribution in [2.75, 3.05) is 6.61 Å². The molecule has 0 heterocycles. The summed E-state index contributed by atoms with van der Waals surface area (Å²) in [7, 11) is 0. The summed E-state index contributed by atoms with van der Waals surface area (Å²) in [6, 6.07) is 18.8. The molecule has 0 aromatic heterocycles. The van der Waals surface area contributed by atoms with Crippen LogP contribution in [0.5, 0.6) is 5.75 Å². The molecule has 0 bridgehead atoms. The lowest BCUT2D eigenvalue weighted by molar-refractivity contribution is 0.100. The maximum atomic E-state index is 11.6. The van der Waals surface area contributed by atoms with Gasteiger partial charge < -0.3 is 10.5 Å². The van der Waals surface area contributed by atoms with E-state index in [9.17, 15) is 4.79 Å². The summed E-state index contributed by atoms with van der Waals surface area (Å²) in [5, 5.41) is 2.25. The van der Waals surface area contributed by atoms with Gasteiger partial charge in [0.2, 0.25) is 5.91 Å². The van der Waals surface area contributed by atoms with E-state index >= 15 is 0 Å². The molecule has 1 amide bonds. The number of nitrogens with two attached hydrogens (primary N) is 1. The van der Waals surface area contributed by atoms with E-state index in [-0.39, 0.29) is 16.7 Å². The zero-order valence-electron chi connectivity index (χ0n) is 21.8. The molecule has 0 atom stereocenters. The second kappa shape index (κ2) is 10.6. The average Bonchev–Trinajstić information content (AvgIpc) is 2.83. The molecule has 0 saturated carbocycles. The molecule has 0 aliphatic carbocycles. The van der Waals surface area contributed by atoms with E-state index in [0.717, 1.165) is 48.6 Å². The number of fused-ring (bicyclic) bond motifs is 1. The molecule has 0 unspecified atom stereocenters. The van der Waals surface area contributed by atoms with Gasteiger partial charge in [0, 0.05) is 11.1 Å². The normalized spacial score (nSPS) is 12.2. The quantitative estimate of drug-likeness (QED) is 0.298. The van der Waals surface area contributed by atoms with Crippen LogP contribution in [0.3, 0.4) is 0 Å². The van der Waals surface area contributed by atoms with Crippen molar-refractivity contribution in [2.24, 2.45) is 5.73 Å². The van der Waals surface area contributed by atoms with Gasteiger partial charge in [-0.2, -0.15) is 0 Å². The van der Waals surface area contributed by atoms with Gasteiger partial charge in [0.05, 0.1) is 6.61 Å². The number of aryl methyl sites for hydroxylation is 1. The van der Waals surface area contributed by atoms with Gasteiger partial charge in [0.1, 0.15) is 5.75 Å². The Morgan fingerprint density at radius 3 is 2.29 bits per heavy atom. The minimum atomic E-state index is -0.385. The van der Waals surface area contributed by atoms with Crippen molar-refractivity contribution in [2.45, 2.75) is 84.5 Å². The predicted octanol–water partition coefficient (Wildman–Crippen LogP) is 7.72. The number of ether oxygens (including phenoxy) is 1. The molecule has 0 fully saturated rings. The van der Waals surface area contributed by atoms with Gasteiger partial charge in [-0.05, 0) is 83.0 Å². The fraction of sp³-hybridized carbons (Fsp3) is 0.452. The number of unbranched alkanes of at least 4 members (excludes halogenated alkanes) is 1. The molecule has 2 N–H and O–H groups in total. The Kier molecular flexibility index (Phi) is 8.07. The van der Waals surface area contributed by atoms with Gasteiger partial charge in [-0.1, -0.05) is 77.9 Å². The van der Waals surface area contributed by atoms with Crippen LogP contribution in [0.2, 0.25) is 0 Å². The fourth-order valence-electron chi connectivity index (χ4n) is 4.31. The third-order valence-corrected chi connectivity index (χ3v) is 7.61. The summed E-state index contributed by atoms with van der Waals surface area (Å²) in [4.78, 5) is 11.6. The Morgan fingerprint density at radius 1 is 0.882 bits per heavy atom. The van der Waals surface area contributed by atoms with Gasteiger partial charge in [0.15, 0.2) is 0 Å². The Balaban J connectivity index is 1.68. The molecule has 3 aromatic carbocycles. The maximum absolute atomic E-state index is 11.6. The van der Waals surface area contributed by atoms with Crippen molar-refractivity contribution in [1.29, 1.82) is 0 Å². The zero-order chi connectivity index (χ0) is 24.9. The Labute approximate surface area is 205 Å². The summed E-state index contributed by atoms with van der Waals surface area (Å²) >= 11 is 0. The molecular formula is C31H41NO2. The second-order valence-electron chi connectivity index (χ2n) is 10.7. The Bertz CT molecular complexity index is 1140. The van der Waals surface area contributed by atoms with E-state index in [0.29, 0.717) is 12.2 Å².